The van der Waals surface area contributed by atoms with Gasteiger partial charge in [0.05, 0.1) is 5.57 Å². The lowest BCUT2D eigenvalue weighted by atomic mass is 9.97. The molecule has 0 saturated heterocycles. The van der Waals surface area contributed by atoms with E-state index in [1.807, 2.05) is 64.1 Å². The van der Waals surface area contributed by atoms with E-state index in [1.54, 1.807) is 0 Å². The summed E-state index contributed by atoms with van der Waals surface area (Å²) in [6, 6.07) is 11.8. The van der Waals surface area contributed by atoms with E-state index in [1.165, 1.54) is 12.6 Å². The second-order valence-corrected chi connectivity index (χ2v) is 6.66. The molecule has 0 atom stereocenters. The fourth-order valence-electron chi connectivity index (χ4n) is 3.06. The van der Waals surface area contributed by atoms with Crippen LogP contribution in [0.5, 0.6) is 0 Å². The van der Waals surface area contributed by atoms with Gasteiger partial charge in [-0.25, -0.2) is 0 Å². The Kier molecular flexibility index (Phi) is 4.21. The first kappa shape index (κ1) is 17.0. The van der Waals surface area contributed by atoms with Gasteiger partial charge in [0.15, 0.2) is 0 Å². The second-order valence-electron chi connectivity index (χ2n) is 6.66. The smallest absolute Gasteiger partial charge is 0.277 e. The van der Waals surface area contributed by atoms with E-state index in [2.05, 4.69) is 5.32 Å². The maximum atomic E-state index is 12.7. The Morgan fingerprint density at radius 3 is 2.16 bits per heavy atom. The van der Waals surface area contributed by atoms with Crippen molar-refractivity contribution in [3.63, 3.8) is 0 Å². The van der Waals surface area contributed by atoms with Crippen LogP contribution in [0.25, 0.3) is 5.57 Å². The first-order chi connectivity index (χ1) is 11.8. The van der Waals surface area contributed by atoms with Gasteiger partial charge in [-0.05, 0) is 62.1 Å². The molecule has 3 rings (SSSR count). The molecular formula is C21H22N2O2. The second kappa shape index (κ2) is 6.20. The number of hydrogen-bond acceptors (Lipinski definition) is 3. The van der Waals surface area contributed by atoms with Gasteiger partial charge in [-0.2, -0.15) is 0 Å². The molecule has 2 amide bonds. The third-order valence-electron chi connectivity index (χ3n) is 4.71. The predicted molar refractivity (Wildman–Crippen MR) is 100 cm³/mol. The number of nitrogens with one attached hydrogen (secondary N) is 1. The Morgan fingerprint density at radius 2 is 1.52 bits per heavy atom. The molecule has 1 heterocycles. The Hall–Kier alpha value is -2.88. The lowest BCUT2D eigenvalue weighted by Gasteiger charge is -2.11. The van der Waals surface area contributed by atoms with Crippen LogP contribution in [0.3, 0.4) is 0 Å². The number of anilines is 1. The average molecular weight is 334 g/mol. The fraction of sp³-hybridized carbons (Fsp3) is 0.238. The number of carbonyl (C=O) groups excluding carboxylic acids is 2. The normalized spacial score (nSPS) is 14.5. The summed E-state index contributed by atoms with van der Waals surface area (Å²) in [5, 5.41) is 3.18. The van der Waals surface area contributed by atoms with Crippen LogP contribution < -0.4 is 5.32 Å². The number of carbonyl (C=O) groups is 2. The van der Waals surface area contributed by atoms with Gasteiger partial charge >= 0.3 is 0 Å². The third-order valence-corrected chi connectivity index (χ3v) is 4.71. The molecule has 4 heteroatoms. The van der Waals surface area contributed by atoms with E-state index in [4.69, 9.17) is 0 Å². The maximum absolute atomic E-state index is 12.7. The zero-order chi connectivity index (χ0) is 18.3. The lowest BCUT2D eigenvalue weighted by Crippen LogP contribution is -2.28. The summed E-state index contributed by atoms with van der Waals surface area (Å²) in [5.74, 6) is -0.582. The molecule has 128 valence electrons. The highest BCUT2D eigenvalue weighted by molar-refractivity contribution is 6.36. The summed E-state index contributed by atoms with van der Waals surface area (Å²) >= 11 is 0. The van der Waals surface area contributed by atoms with Crippen molar-refractivity contribution in [1.82, 2.24) is 4.90 Å². The van der Waals surface area contributed by atoms with Crippen LogP contribution in [0.15, 0.2) is 42.1 Å². The van der Waals surface area contributed by atoms with Gasteiger partial charge in [-0.15, -0.1) is 0 Å². The molecule has 2 aromatic carbocycles. The van der Waals surface area contributed by atoms with Crippen molar-refractivity contribution in [3.05, 3.63) is 69.9 Å². The van der Waals surface area contributed by atoms with Crippen LogP contribution >= 0.6 is 0 Å². The van der Waals surface area contributed by atoms with Gasteiger partial charge in [0, 0.05) is 12.7 Å². The molecule has 0 fully saturated rings. The average Bonchev–Trinajstić information content (AvgIpc) is 2.76. The number of hydrogen-bond donors (Lipinski definition) is 1. The van der Waals surface area contributed by atoms with Gasteiger partial charge in [-0.3, -0.25) is 14.5 Å². The molecule has 0 saturated carbocycles. The van der Waals surface area contributed by atoms with Crippen molar-refractivity contribution in [1.29, 1.82) is 0 Å². The van der Waals surface area contributed by atoms with E-state index in [-0.39, 0.29) is 11.8 Å². The van der Waals surface area contributed by atoms with Gasteiger partial charge in [0.2, 0.25) is 0 Å². The van der Waals surface area contributed by atoms with E-state index in [0.717, 1.165) is 32.8 Å². The number of imide groups is 1. The van der Waals surface area contributed by atoms with Crippen molar-refractivity contribution < 1.29 is 9.59 Å². The molecule has 0 unspecified atom stereocenters. The summed E-state index contributed by atoms with van der Waals surface area (Å²) in [6.07, 6.45) is 0. The topological polar surface area (TPSA) is 49.4 Å². The van der Waals surface area contributed by atoms with Crippen LogP contribution in [0.2, 0.25) is 0 Å². The van der Waals surface area contributed by atoms with Gasteiger partial charge in [-0.1, -0.05) is 29.8 Å². The molecule has 1 aliphatic heterocycles. The molecule has 0 aliphatic carbocycles. The van der Waals surface area contributed by atoms with Crippen molar-refractivity contribution in [3.8, 4) is 0 Å². The van der Waals surface area contributed by atoms with Gasteiger partial charge < -0.3 is 5.32 Å². The Balaban J connectivity index is 2.13. The Morgan fingerprint density at radius 1 is 0.800 bits per heavy atom. The first-order valence-electron chi connectivity index (χ1n) is 8.28. The number of rotatable bonds is 3. The number of amides is 2. The van der Waals surface area contributed by atoms with Crippen molar-refractivity contribution in [2.45, 2.75) is 27.7 Å². The standard InChI is InChI=1S/C21H22N2O2/c1-12-6-9-17(15(4)10-12)18-19(21(25)23(5)20(18)24)22-16-8-7-13(2)14(3)11-16/h6-11,22H,1-5H3. The molecule has 0 spiro atoms. The summed E-state index contributed by atoms with van der Waals surface area (Å²) < 4.78 is 0. The van der Waals surface area contributed by atoms with E-state index in [9.17, 15) is 9.59 Å². The number of nitrogens with zero attached hydrogens (tertiary/aromatic N) is 1. The van der Waals surface area contributed by atoms with E-state index in [0.29, 0.717) is 11.3 Å². The fourth-order valence-corrected chi connectivity index (χ4v) is 3.06. The molecule has 1 N–H and O–H groups in total. The maximum Gasteiger partial charge on any atom is 0.277 e. The van der Waals surface area contributed by atoms with E-state index >= 15 is 0 Å². The molecule has 0 bridgehead atoms. The van der Waals surface area contributed by atoms with Crippen molar-refractivity contribution >= 4 is 23.1 Å². The predicted octanol–water partition coefficient (Wildman–Crippen LogP) is 3.74. The molecular weight excluding hydrogens is 312 g/mol. The van der Waals surface area contributed by atoms with E-state index < -0.39 is 0 Å². The van der Waals surface area contributed by atoms with Gasteiger partial charge in [0.1, 0.15) is 5.70 Å². The van der Waals surface area contributed by atoms with Crippen LogP contribution in [-0.4, -0.2) is 23.8 Å². The Labute approximate surface area is 148 Å². The highest BCUT2D eigenvalue weighted by Crippen LogP contribution is 2.32. The summed E-state index contributed by atoms with van der Waals surface area (Å²) in [5.41, 5.74) is 6.77. The minimum absolute atomic E-state index is 0.275. The Bertz CT molecular complexity index is 925. The molecule has 4 nitrogen and oxygen atoms in total. The molecule has 25 heavy (non-hydrogen) atoms. The highest BCUT2D eigenvalue weighted by Gasteiger charge is 2.37. The monoisotopic (exact) mass is 334 g/mol. The molecule has 0 aromatic heterocycles. The number of benzene rings is 2. The quantitative estimate of drug-likeness (QED) is 0.870. The largest absolute Gasteiger partial charge is 0.350 e. The molecule has 1 aliphatic rings. The number of aryl methyl sites for hydroxylation is 4. The summed E-state index contributed by atoms with van der Waals surface area (Å²) in [4.78, 5) is 26.5. The van der Waals surface area contributed by atoms with Crippen molar-refractivity contribution in [2.75, 3.05) is 12.4 Å². The molecule has 2 aromatic rings. The zero-order valence-corrected chi connectivity index (χ0v) is 15.2. The van der Waals surface area contributed by atoms with Crippen LogP contribution in [-0.2, 0) is 9.59 Å². The van der Waals surface area contributed by atoms with Crippen molar-refractivity contribution in [2.24, 2.45) is 0 Å². The van der Waals surface area contributed by atoms with Crippen LogP contribution in [0, 0.1) is 27.7 Å². The zero-order valence-electron chi connectivity index (χ0n) is 15.2. The lowest BCUT2D eigenvalue weighted by molar-refractivity contribution is -0.135. The highest BCUT2D eigenvalue weighted by atomic mass is 16.2. The molecule has 0 radical (unpaired) electrons. The first-order valence-corrected chi connectivity index (χ1v) is 8.28. The summed E-state index contributed by atoms with van der Waals surface area (Å²) in [7, 11) is 1.52. The summed E-state index contributed by atoms with van der Waals surface area (Å²) in [6.45, 7) is 8.03. The minimum atomic E-state index is -0.307. The minimum Gasteiger partial charge on any atom is -0.350 e. The SMILES string of the molecule is Cc1ccc(C2=C(Nc3ccc(C)c(C)c3)C(=O)N(C)C2=O)c(C)c1. The van der Waals surface area contributed by atoms with Gasteiger partial charge in [0.25, 0.3) is 11.8 Å². The van der Waals surface area contributed by atoms with Crippen LogP contribution in [0.1, 0.15) is 27.8 Å². The third kappa shape index (κ3) is 2.95. The number of likely N-dealkylation sites (N-methyl/N-ethyl adjacent to an activating group) is 1. The van der Waals surface area contributed by atoms with Crippen LogP contribution in [0.4, 0.5) is 5.69 Å².